The van der Waals surface area contributed by atoms with Crippen molar-refractivity contribution in [3.8, 4) is 0 Å². The molecule has 0 bridgehead atoms. The number of fused-ring (bicyclic) bond motifs is 2. The molecule has 37 heavy (non-hydrogen) atoms. The fourth-order valence-electron chi connectivity index (χ4n) is 5.37. The average Bonchev–Trinajstić information content (AvgIpc) is 3.09. The van der Waals surface area contributed by atoms with Crippen LogP contribution in [0.5, 0.6) is 0 Å². The molecule has 6 heteroatoms. The van der Waals surface area contributed by atoms with Gasteiger partial charge in [0.15, 0.2) is 0 Å². The maximum atomic E-state index is 12.3. The number of nitrogens with one attached hydrogen (secondary N) is 1. The zero-order chi connectivity index (χ0) is 25.6. The molecule has 1 fully saturated rings. The molecule has 3 aromatic rings. The minimum atomic E-state index is -1.06. The Morgan fingerprint density at radius 3 is 1.97 bits per heavy atom. The summed E-state index contributed by atoms with van der Waals surface area (Å²) in [6.45, 7) is 1.83. The smallest absolute Gasteiger partial charge is 0.408 e. The Hall–Kier alpha value is -3.90. The number of amides is 1. The number of carboxylic acid groups (broad SMARTS) is 1. The highest BCUT2D eigenvalue weighted by molar-refractivity contribution is 5.86. The molecule has 1 amide bonds. The number of alkyl carbamates (subject to hydrolysis) is 1. The number of aryl methyl sites for hydroxylation is 2. The molecule has 1 unspecified atom stereocenters. The van der Waals surface area contributed by atoms with E-state index in [-0.39, 0.29) is 13.2 Å². The number of piperidine rings is 1. The molecule has 1 heterocycles. The fourth-order valence-corrected chi connectivity index (χ4v) is 5.37. The van der Waals surface area contributed by atoms with Crippen molar-refractivity contribution >= 4 is 17.6 Å². The van der Waals surface area contributed by atoms with Crippen LogP contribution in [-0.4, -0.2) is 47.7 Å². The number of ether oxygens (including phenoxy) is 1. The summed E-state index contributed by atoms with van der Waals surface area (Å²) in [5, 5.41) is 12.3. The van der Waals surface area contributed by atoms with Crippen molar-refractivity contribution in [2.45, 2.75) is 38.3 Å². The minimum absolute atomic E-state index is 0.0998. The van der Waals surface area contributed by atoms with Crippen LogP contribution in [0.3, 0.4) is 0 Å². The van der Waals surface area contributed by atoms with Gasteiger partial charge in [0.1, 0.15) is 12.6 Å². The van der Waals surface area contributed by atoms with Crippen molar-refractivity contribution in [1.82, 2.24) is 10.2 Å². The Kier molecular flexibility index (Phi) is 7.66. The van der Waals surface area contributed by atoms with Gasteiger partial charge < -0.3 is 20.1 Å². The summed E-state index contributed by atoms with van der Waals surface area (Å²) in [5.41, 5.74) is 9.02. The van der Waals surface area contributed by atoms with Crippen LogP contribution in [0.2, 0.25) is 0 Å². The van der Waals surface area contributed by atoms with Gasteiger partial charge in [0, 0.05) is 19.6 Å². The predicted octanol–water partition coefficient (Wildman–Crippen LogP) is 5.06. The van der Waals surface area contributed by atoms with Crippen LogP contribution < -0.4 is 5.32 Å². The van der Waals surface area contributed by atoms with Crippen LogP contribution in [0.25, 0.3) is 5.57 Å². The topological polar surface area (TPSA) is 78.9 Å². The van der Waals surface area contributed by atoms with E-state index < -0.39 is 18.1 Å². The summed E-state index contributed by atoms with van der Waals surface area (Å²) < 4.78 is 5.23. The summed E-state index contributed by atoms with van der Waals surface area (Å²) in [6.07, 6.45) is 3.07. The zero-order valence-electron chi connectivity index (χ0n) is 20.9. The van der Waals surface area contributed by atoms with Crippen LogP contribution in [-0.2, 0) is 29.0 Å². The van der Waals surface area contributed by atoms with Gasteiger partial charge in [0.2, 0.25) is 0 Å². The highest BCUT2D eigenvalue weighted by Gasteiger charge is 2.28. The summed E-state index contributed by atoms with van der Waals surface area (Å²) >= 11 is 0. The molecule has 0 spiro atoms. The second-order valence-corrected chi connectivity index (χ2v) is 9.69. The van der Waals surface area contributed by atoms with E-state index in [9.17, 15) is 14.7 Å². The van der Waals surface area contributed by atoms with E-state index in [0.717, 1.165) is 44.3 Å². The molecular weight excluding hydrogens is 464 g/mol. The molecule has 1 aliphatic heterocycles. The van der Waals surface area contributed by atoms with Gasteiger partial charge in [-0.3, -0.25) is 0 Å². The molecule has 0 radical (unpaired) electrons. The molecule has 2 N–H and O–H groups in total. The quantitative estimate of drug-likeness (QED) is 0.499. The van der Waals surface area contributed by atoms with Crippen LogP contribution >= 0.6 is 0 Å². The second kappa shape index (κ2) is 11.4. The number of rotatable bonds is 6. The van der Waals surface area contributed by atoms with Gasteiger partial charge in [0.25, 0.3) is 0 Å². The van der Waals surface area contributed by atoms with E-state index in [1.807, 2.05) is 30.3 Å². The number of benzene rings is 3. The third-order valence-corrected chi connectivity index (χ3v) is 7.29. The first kappa shape index (κ1) is 24.8. The van der Waals surface area contributed by atoms with Gasteiger partial charge in [-0.05, 0) is 59.1 Å². The van der Waals surface area contributed by atoms with Gasteiger partial charge in [-0.1, -0.05) is 84.4 Å². The first-order chi connectivity index (χ1) is 18.1. The summed E-state index contributed by atoms with van der Waals surface area (Å²) in [4.78, 5) is 26.3. The van der Waals surface area contributed by atoms with E-state index in [2.05, 4.69) is 58.7 Å². The van der Waals surface area contributed by atoms with Crippen LogP contribution in [0.15, 0.2) is 84.4 Å². The first-order valence-electron chi connectivity index (χ1n) is 12.9. The van der Waals surface area contributed by atoms with Crippen molar-refractivity contribution in [1.29, 1.82) is 0 Å². The highest BCUT2D eigenvalue weighted by Crippen LogP contribution is 2.38. The summed E-state index contributed by atoms with van der Waals surface area (Å²) in [6, 6.07) is 25.7. The predicted molar refractivity (Wildman–Crippen MR) is 143 cm³/mol. The largest absolute Gasteiger partial charge is 0.480 e. The van der Waals surface area contributed by atoms with E-state index in [1.165, 1.54) is 33.4 Å². The SMILES string of the molecule is O=C(NC(CN1CCC(=C2c3ccccc3CCc3ccccc32)CC1)C(=O)O)OCc1ccccc1. The lowest BCUT2D eigenvalue weighted by Gasteiger charge is -2.32. The van der Waals surface area contributed by atoms with E-state index in [4.69, 9.17) is 4.74 Å². The first-order valence-corrected chi connectivity index (χ1v) is 12.9. The second-order valence-electron chi connectivity index (χ2n) is 9.69. The van der Waals surface area contributed by atoms with Crippen molar-refractivity contribution in [3.63, 3.8) is 0 Å². The minimum Gasteiger partial charge on any atom is -0.480 e. The molecule has 0 aromatic heterocycles. The Morgan fingerprint density at radius 1 is 0.811 bits per heavy atom. The number of likely N-dealkylation sites (tertiary alicyclic amines) is 1. The Labute approximate surface area is 217 Å². The fraction of sp³-hybridized carbons (Fsp3) is 0.290. The molecule has 190 valence electrons. The van der Waals surface area contributed by atoms with E-state index in [0.29, 0.717) is 0 Å². The summed E-state index contributed by atoms with van der Waals surface area (Å²) in [7, 11) is 0. The standard InChI is InChI=1S/C31H32N2O4/c34-30(35)28(32-31(36)37-21-22-8-2-1-3-9-22)20-33-18-16-25(17-19-33)29-26-12-6-4-10-23(26)14-15-24-11-5-7-13-27(24)29/h1-13,28H,14-21H2,(H,32,36)(H,34,35). The number of carbonyl (C=O) groups is 2. The van der Waals surface area contributed by atoms with Crippen molar-refractivity contribution in [3.05, 3.63) is 112 Å². The molecule has 1 atom stereocenters. The molecular formula is C31H32N2O4. The molecule has 5 rings (SSSR count). The summed E-state index contributed by atoms with van der Waals surface area (Å²) in [5.74, 6) is -1.06. The van der Waals surface area contributed by atoms with Crippen LogP contribution in [0, 0.1) is 0 Å². The van der Waals surface area contributed by atoms with Crippen molar-refractivity contribution < 1.29 is 19.4 Å². The normalized spacial score (nSPS) is 16.2. The van der Waals surface area contributed by atoms with Crippen molar-refractivity contribution in [2.75, 3.05) is 19.6 Å². The number of nitrogens with zero attached hydrogens (tertiary/aromatic N) is 1. The van der Waals surface area contributed by atoms with Gasteiger partial charge in [0.05, 0.1) is 0 Å². The molecule has 1 saturated heterocycles. The zero-order valence-corrected chi connectivity index (χ0v) is 20.9. The van der Waals surface area contributed by atoms with Crippen molar-refractivity contribution in [2.24, 2.45) is 0 Å². The molecule has 2 aliphatic rings. The molecule has 3 aromatic carbocycles. The number of hydrogen-bond acceptors (Lipinski definition) is 4. The third kappa shape index (κ3) is 5.92. The maximum Gasteiger partial charge on any atom is 0.408 e. The van der Waals surface area contributed by atoms with Gasteiger partial charge in [-0.25, -0.2) is 9.59 Å². The highest BCUT2D eigenvalue weighted by atomic mass is 16.5. The van der Waals surface area contributed by atoms with Gasteiger partial charge in [-0.2, -0.15) is 0 Å². The van der Waals surface area contributed by atoms with Crippen LogP contribution in [0.1, 0.15) is 40.7 Å². The van der Waals surface area contributed by atoms with E-state index in [1.54, 1.807) is 0 Å². The van der Waals surface area contributed by atoms with E-state index >= 15 is 0 Å². The molecule has 6 nitrogen and oxygen atoms in total. The Bertz CT molecular complexity index is 1240. The number of carbonyl (C=O) groups excluding carboxylic acids is 1. The Morgan fingerprint density at radius 2 is 1.38 bits per heavy atom. The lowest BCUT2D eigenvalue weighted by molar-refractivity contribution is -0.139. The monoisotopic (exact) mass is 496 g/mol. The van der Waals surface area contributed by atoms with Gasteiger partial charge >= 0.3 is 12.1 Å². The lowest BCUT2D eigenvalue weighted by atomic mass is 9.86. The average molecular weight is 497 g/mol. The van der Waals surface area contributed by atoms with Crippen LogP contribution in [0.4, 0.5) is 4.79 Å². The van der Waals surface area contributed by atoms with Gasteiger partial charge in [-0.15, -0.1) is 0 Å². The molecule has 0 saturated carbocycles. The number of hydrogen-bond donors (Lipinski definition) is 2. The number of carboxylic acids is 1. The maximum absolute atomic E-state index is 12.3. The third-order valence-electron chi connectivity index (χ3n) is 7.29. The Balaban J connectivity index is 1.26. The lowest BCUT2D eigenvalue weighted by Crippen LogP contribution is -2.49. The number of aliphatic carboxylic acids is 1. The molecule has 1 aliphatic carbocycles.